The van der Waals surface area contributed by atoms with Crippen LogP contribution < -0.4 is 0 Å². The zero-order valence-electron chi connectivity index (χ0n) is 8.73. The van der Waals surface area contributed by atoms with Crippen LogP contribution in [0, 0.1) is 0 Å². The van der Waals surface area contributed by atoms with E-state index in [4.69, 9.17) is 11.6 Å². The lowest BCUT2D eigenvalue weighted by Crippen LogP contribution is -2.34. The van der Waals surface area contributed by atoms with Crippen molar-refractivity contribution in [3.8, 4) is 0 Å². The number of unbranched alkanes of at least 4 members (excludes halogenated alkanes) is 1. The van der Waals surface area contributed by atoms with E-state index in [-0.39, 0.29) is 6.54 Å². The van der Waals surface area contributed by atoms with E-state index in [0.717, 1.165) is 11.1 Å². The molecule has 1 aromatic heterocycles. The lowest BCUT2D eigenvalue weighted by molar-refractivity contribution is -0.290. The van der Waals surface area contributed by atoms with Gasteiger partial charge in [0.25, 0.3) is 0 Å². The monoisotopic (exact) mass is 277 g/mol. The molecule has 0 atom stereocenters. The zero-order valence-corrected chi connectivity index (χ0v) is 9.49. The van der Waals surface area contributed by atoms with Crippen molar-refractivity contribution in [3.05, 3.63) is 10.8 Å². The Labute approximate surface area is 98.5 Å². The molecule has 9 heteroatoms. The van der Waals surface area contributed by atoms with Gasteiger partial charge in [-0.2, -0.15) is 22.0 Å². The van der Waals surface area contributed by atoms with Crippen molar-refractivity contribution in [1.29, 1.82) is 0 Å². The fraction of sp³-hybridized carbons (Fsp3) is 0.750. The van der Waals surface area contributed by atoms with Crippen LogP contribution in [-0.2, 0) is 12.5 Å². The van der Waals surface area contributed by atoms with Crippen molar-refractivity contribution in [2.75, 3.05) is 0 Å². The molecule has 0 aliphatic carbocycles. The van der Waals surface area contributed by atoms with E-state index in [1.54, 1.807) is 0 Å². The van der Waals surface area contributed by atoms with Crippen LogP contribution in [0.1, 0.15) is 25.5 Å². The molecule has 0 bridgehead atoms. The first-order chi connectivity index (χ1) is 7.71. The summed E-state index contributed by atoms with van der Waals surface area (Å²) in [6.07, 6.45) is -4.45. The molecule has 0 aliphatic heterocycles. The smallest absolute Gasteiger partial charge is 0.233 e. The third-order valence-electron chi connectivity index (χ3n) is 2.05. The minimum absolute atomic E-state index is 0.149. The molecular weight excluding hydrogens is 269 g/mol. The Bertz CT molecular complexity index is 387. The van der Waals surface area contributed by atoms with Crippen molar-refractivity contribution in [2.24, 2.45) is 0 Å². The average Bonchev–Trinajstić information content (AvgIpc) is 2.55. The van der Waals surface area contributed by atoms with Crippen molar-refractivity contribution in [2.45, 2.75) is 38.4 Å². The second-order valence-electron chi connectivity index (χ2n) is 3.38. The van der Waals surface area contributed by atoms with E-state index in [0.29, 0.717) is 6.42 Å². The van der Waals surface area contributed by atoms with E-state index < -0.39 is 22.9 Å². The van der Waals surface area contributed by atoms with Crippen LogP contribution >= 0.6 is 11.6 Å². The highest BCUT2D eigenvalue weighted by Gasteiger charge is 2.62. The predicted octanol–water partition coefficient (Wildman–Crippen LogP) is 3.39. The van der Waals surface area contributed by atoms with E-state index in [9.17, 15) is 22.0 Å². The van der Waals surface area contributed by atoms with Gasteiger partial charge in [-0.05, 0) is 6.42 Å². The molecule has 0 radical (unpaired) electrons. The van der Waals surface area contributed by atoms with Crippen LogP contribution in [0.5, 0.6) is 0 Å². The van der Waals surface area contributed by atoms with Gasteiger partial charge in [0.15, 0.2) is 10.8 Å². The number of halogens is 6. The molecule has 0 spiro atoms. The third-order valence-corrected chi connectivity index (χ3v) is 2.43. The number of nitrogens with zero attached hydrogens (tertiary/aromatic N) is 3. The molecule has 0 aliphatic rings. The number of alkyl halides is 5. The summed E-state index contributed by atoms with van der Waals surface area (Å²) in [6.45, 7) is 1.98. The van der Waals surface area contributed by atoms with Gasteiger partial charge in [-0.3, -0.25) is 0 Å². The van der Waals surface area contributed by atoms with Gasteiger partial charge in [0.1, 0.15) is 0 Å². The van der Waals surface area contributed by atoms with Crippen LogP contribution in [0.3, 0.4) is 0 Å². The summed E-state index contributed by atoms with van der Waals surface area (Å²) in [4.78, 5) is 0. The SMILES string of the molecule is CCCCn1nnc(C(F)(F)C(F)(F)F)c1Cl. The Morgan fingerprint density at radius 2 is 1.82 bits per heavy atom. The number of aromatic nitrogens is 3. The van der Waals surface area contributed by atoms with E-state index >= 15 is 0 Å². The minimum atomic E-state index is -5.73. The van der Waals surface area contributed by atoms with Gasteiger partial charge in [0, 0.05) is 6.54 Å². The molecule has 0 saturated heterocycles. The first kappa shape index (κ1) is 14.1. The second kappa shape index (κ2) is 4.75. The van der Waals surface area contributed by atoms with Crippen molar-refractivity contribution in [1.82, 2.24) is 15.0 Å². The summed E-state index contributed by atoms with van der Waals surface area (Å²) >= 11 is 5.41. The van der Waals surface area contributed by atoms with Gasteiger partial charge >= 0.3 is 12.1 Å². The lowest BCUT2D eigenvalue weighted by atomic mass is 10.2. The van der Waals surface area contributed by atoms with Crippen LogP contribution in [0.2, 0.25) is 5.15 Å². The van der Waals surface area contributed by atoms with Crippen LogP contribution in [0.4, 0.5) is 22.0 Å². The van der Waals surface area contributed by atoms with Gasteiger partial charge < -0.3 is 0 Å². The summed E-state index contributed by atoms with van der Waals surface area (Å²) in [5.74, 6) is -5.09. The minimum Gasteiger partial charge on any atom is -0.233 e. The molecule has 0 aromatic carbocycles. The Morgan fingerprint density at radius 1 is 1.24 bits per heavy atom. The van der Waals surface area contributed by atoms with Crippen LogP contribution in [0.15, 0.2) is 0 Å². The molecule has 0 amide bonds. The Kier molecular flexibility index (Phi) is 3.95. The van der Waals surface area contributed by atoms with Gasteiger partial charge in [0.05, 0.1) is 0 Å². The van der Waals surface area contributed by atoms with Gasteiger partial charge in [-0.1, -0.05) is 30.2 Å². The number of aryl methyl sites for hydroxylation is 1. The molecule has 17 heavy (non-hydrogen) atoms. The summed E-state index contributed by atoms with van der Waals surface area (Å²) in [5, 5.41) is 5.23. The lowest BCUT2D eigenvalue weighted by Gasteiger charge is -2.17. The quantitative estimate of drug-likeness (QED) is 0.790. The largest absolute Gasteiger partial charge is 0.459 e. The Hall–Kier alpha value is -0.920. The predicted molar refractivity (Wildman–Crippen MR) is 49.9 cm³/mol. The molecule has 0 unspecified atom stereocenters. The maximum absolute atomic E-state index is 12.9. The highest BCUT2D eigenvalue weighted by atomic mass is 35.5. The van der Waals surface area contributed by atoms with Crippen LogP contribution in [-0.4, -0.2) is 21.2 Å². The van der Waals surface area contributed by atoms with Gasteiger partial charge in [0.2, 0.25) is 0 Å². The number of rotatable bonds is 4. The third kappa shape index (κ3) is 2.67. The van der Waals surface area contributed by atoms with Crippen molar-refractivity contribution < 1.29 is 22.0 Å². The fourth-order valence-electron chi connectivity index (χ4n) is 1.08. The second-order valence-corrected chi connectivity index (χ2v) is 3.74. The maximum atomic E-state index is 12.9. The molecule has 98 valence electrons. The Balaban J connectivity index is 3.04. The first-order valence-corrected chi connectivity index (χ1v) is 5.13. The molecule has 1 heterocycles. The molecule has 3 nitrogen and oxygen atoms in total. The average molecular weight is 278 g/mol. The molecule has 0 N–H and O–H groups in total. The van der Waals surface area contributed by atoms with Crippen LogP contribution in [0.25, 0.3) is 0 Å². The Morgan fingerprint density at radius 3 is 2.29 bits per heavy atom. The maximum Gasteiger partial charge on any atom is 0.459 e. The van der Waals surface area contributed by atoms with E-state index in [2.05, 4.69) is 10.3 Å². The van der Waals surface area contributed by atoms with Crippen molar-refractivity contribution >= 4 is 11.6 Å². The van der Waals surface area contributed by atoms with E-state index in [1.165, 1.54) is 0 Å². The summed E-state index contributed by atoms with van der Waals surface area (Å²) in [5.41, 5.74) is -1.55. The van der Waals surface area contributed by atoms with Gasteiger partial charge in [-0.25, -0.2) is 4.68 Å². The normalized spacial score (nSPS) is 13.1. The van der Waals surface area contributed by atoms with E-state index in [1.807, 2.05) is 6.92 Å². The van der Waals surface area contributed by atoms with Gasteiger partial charge in [-0.15, -0.1) is 5.10 Å². The summed E-state index contributed by atoms with van der Waals surface area (Å²) in [7, 11) is 0. The number of hydrogen-bond acceptors (Lipinski definition) is 2. The van der Waals surface area contributed by atoms with Crippen molar-refractivity contribution in [3.63, 3.8) is 0 Å². The molecule has 1 rings (SSSR count). The fourth-order valence-corrected chi connectivity index (χ4v) is 1.35. The summed E-state index contributed by atoms with van der Waals surface area (Å²) in [6, 6.07) is 0. The summed E-state index contributed by atoms with van der Waals surface area (Å²) < 4.78 is 62.9. The molecular formula is C8H9ClF5N3. The standard InChI is InChI=1S/C8H9ClF5N3/c1-2-3-4-17-6(9)5(15-16-17)7(10,11)8(12,13)14/h2-4H2,1H3. The molecule has 1 aromatic rings. The zero-order chi connectivity index (χ0) is 13.3. The first-order valence-electron chi connectivity index (χ1n) is 4.75. The topological polar surface area (TPSA) is 30.7 Å². The highest BCUT2D eigenvalue weighted by molar-refractivity contribution is 6.30. The molecule has 0 fully saturated rings. The number of hydrogen-bond donors (Lipinski definition) is 0. The highest BCUT2D eigenvalue weighted by Crippen LogP contribution is 2.45. The molecule has 0 saturated carbocycles.